The molecule has 8 heteroatoms. The first-order chi connectivity index (χ1) is 15.1. The number of nitrogens with zero attached hydrogens (tertiary/aromatic N) is 2. The molecule has 0 N–H and O–H groups in total. The monoisotopic (exact) mass is 462 g/mol. The molecule has 2 aliphatic rings. The number of halogens is 4. The zero-order valence-corrected chi connectivity index (χ0v) is 18.3. The second kappa shape index (κ2) is 8.54. The van der Waals surface area contributed by atoms with Gasteiger partial charge in [-0.1, -0.05) is 35.4 Å². The topological polar surface area (TPSA) is 32.8 Å². The summed E-state index contributed by atoms with van der Waals surface area (Å²) in [6, 6.07) is 13.3. The summed E-state index contributed by atoms with van der Waals surface area (Å²) in [6.45, 7) is 3.85. The number of ether oxygens (including phenoxy) is 1. The summed E-state index contributed by atoms with van der Waals surface area (Å²) < 4.78 is 42.6. The van der Waals surface area contributed by atoms with E-state index in [1.807, 2.05) is 44.2 Å². The van der Waals surface area contributed by atoms with Crippen LogP contribution in [0, 0.1) is 6.92 Å². The highest BCUT2D eigenvalue weighted by molar-refractivity contribution is 6.30. The van der Waals surface area contributed by atoms with Gasteiger partial charge in [0, 0.05) is 22.8 Å². The molecule has 0 radical (unpaired) electrons. The van der Waals surface area contributed by atoms with E-state index in [9.17, 15) is 18.0 Å². The van der Waals surface area contributed by atoms with E-state index in [4.69, 9.17) is 11.6 Å². The summed E-state index contributed by atoms with van der Waals surface area (Å²) in [6.07, 6.45) is -0.921. The van der Waals surface area contributed by atoms with Gasteiger partial charge in [-0.05, 0) is 68.3 Å². The molecule has 2 aromatic rings. The lowest BCUT2D eigenvalue weighted by Gasteiger charge is -2.29. The summed E-state index contributed by atoms with van der Waals surface area (Å²) in [5.41, 5.74) is 3.01. The number of carbonyl (C=O) groups is 1. The third-order valence-corrected chi connectivity index (χ3v) is 5.91. The van der Waals surface area contributed by atoms with Crippen LogP contribution in [0.25, 0.3) is 0 Å². The summed E-state index contributed by atoms with van der Waals surface area (Å²) in [5, 5.41) is 0.526. The molecular formula is C24H22ClF3N2O2. The summed E-state index contributed by atoms with van der Waals surface area (Å²) in [7, 11) is 0. The van der Waals surface area contributed by atoms with Gasteiger partial charge >= 0.3 is 12.4 Å². The molecule has 2 atom stereocenters. The van der Waals surface area contributed by atoms with Crippen LogP contribution in [0.2, 0.25) is 5.02 Å². The van der Waals surface area contributed by atoms with Gasteiger partial charge in [0.15, 0.2) is 0 Å². The summed E-state index contributed by atoms with van der Waals surface area (Å²) >= 11 is 6.03. The zero-order chi connectivity index (χ0) is 23.0. The second-order valence-electron chi connectivity index (χ2n) is 7.92. The van der Waals surface area contributed by atoms with Gasteiger partial charge in [0.1, 0.15) is 5.76 Å². The average molecular weight is 463 g/mol. The van der Waals surface area contributed by atoms with Crippen molar-refractivity contribution in [1.29, 1.82) is 0 Å². The third-order valence-electron chi connectivity index (χ3n) is 5.66. The van der Waals surface area contributed by atoms with Crippen molar-refractivity contribution in [3.8, 4) is 0 Å². The van der Waals surface area contributed by atoms with Crippen molar-refractivity contribution in [3.05, 3.63) is 82.6 Å². The fourth-order valence-corrected chi connectivity index (χ4v) is 4.38. The molecule has 4 nitrogen and oxygen atoms in total. The maximum absolute atomic E-state index is 13.6. The van der Waals surface area contributed by atoms with Crippen LogP contribution in [0.1, 0.15) is 25.3 Å². The maximum atomic E-state index is 13.6. The predicted octanol–water partition coefficient (Wildman–Crippen LogP) is 6.99. The van der Waals surface area contributed by atoms with Gasteiger partial charge in [-0.25, -0.2) is 4.79 Å². The lowest BCUT2D eigenvalue weighted by atomic mass is 9.93. The molecule has 1 fully saturated rings. The number of urea groups is 1. The van der Waals surface area contributed by atoms with Crippen LogP contribution in [-0.2, 0) is 4.74 Å². The van der Waals surface area contributed by atoms with E-state index in [2.05, 4.69) is 4.74 Å². The number of aryl methyl sites for hydroxylation is 1. The van der Waals surface area contributed by atoms with Crippen LogP contribution in [-0.4, -0.2) is 24.5 Å². The van der Waals surface area contributed by atoms with Gasteiger partial charge < -0.3 is 4.74 Å². The first-order valence-corrected chi connectivity index (χ1v) is 10.6. The Balaban J connectivity index is 1.76. The normalized spacial score (nSPS) is 21.5. The minimum absolute atomic E-state index is 0.153. The van der Waals surface area contributed by atoms with Gasteiger partial charge in [-0.3, -0.25) is 9.80 Å². The predicted molar refractivity (Wildman–Crippen MR) is 119 cm³/mol. The summed E-state index contributed by atoms with van der Waals surface area (Å²) in [5.74, 6) is -0.153. The number of alkyl halides is 3. The van der Waals surface area contributed by atoms with Gasteiger partial charge in [-0.2, -0.15) is 0 Å². The lowest BCUT2D eigenvalue weighted by Crippen LogP contribution is -2.37. The van der Waals surface area contributed by atoms with Gasteiger partial charge in [0.2, 0.25) is 0 Å². The molecular weight excluding hydrogens is 441 g/mol. The number of benzene rings is 2. The lowest BCUT2D eigenvalue weighted by molar-refractivity contribution is -0.306. The molecule has 2 aromatic carbocycles. The Labute approximate surface area is 189 Å². The van der Waals surface area contributed by atoms with Gasteiger partial charge in [-0.15, -0.1) is 13.2 Å². The number of amides is 2. The molecule has 0 bridgehead atoms. The highest BCUT2D eigenvalue weighted by Gasteiger charge is 2.46. The van der Waals surface area contributed by atoms with Crippen molar-refractivity contribution in [1.82, 2.24) is 0 Å². The average Bonchev–Trinajstić information content (AvgIpc) is 2.98. The van der Waals surface area contributed by atoms with Crippen LogP contribution in [0.5, 0.6) is 0 Å². The maximum Gasteiger partial charge on any atom is 0.572 e. The van der Waals surface area contributed by atoms with E-state index in [1.54, 1.807) is 34.1 Å². The van der Waals surface area contributed by atoms with Gasteiger partial charge in [0.05, 0.1) is 12.1 Å². The van der Waals surface area contributed by atoms with E-state index >= 15 is 0 Å². The fourth-order valence-electron chi connectivity index (χ4n) is 4.25. The van der Waals surface area contributed by atoms with E-state index < -0.39 is 12.4 Å². The molecule has 1 heterocycles. The molecule has 32 heavy (non-hydrogen) atoms. The largest absolute Gasteiger partial charge is 0.572 e. The minimum atomic E-state index is -4.75. The first kappa shape index (κ1) is 22.3. The van der Waals surface area contributed by atoms with Crippen LogP contribution in [0.4, 0.5) is 29.3 Å². The number of anilines is 2. The molecule has 168 valence electrons. The Morgan fingerprint density at radius 1 is 1.00 bits per heavy atom. The number of allylic oxidation sites excluding steroid dienone is 2. The van der Waals surface area contributed by atoms with E-state index in [0.717, 1.165) is 11.3 Å². The molecule has 2 unspecified atom stereocenters. The Hall–Kier alpha value is -2.93. The third kappa shape index (κ3) is 4.48. The molecule has 0 spiro atoms. The molecule has 4 rings (SSSR count). The van der Waals surface area contributed by atoms with Crippen molar-refractivity contribution in [2.45, 2.75) is 45.1 Å². The van der Waals surface area contributed by atoms with Crippen molar-refractivity contribution >= 4 is 29.0 Å². The molecule has 2 amide bonds. The van der Waals surface area contributed by atoms with E-state index in [0.29, 0.717) is 22.7 Å². The second-order valence-corrected chi connectivity index (χ2v) is 8.36. The quantitative estimate of drug-likeness (QED) is 0.490. The van der Waals surface area contributed by atoms with Crippen LogP contribution in [0.3, 0.4) is 0 Å². The van der Waals surface area contributed by atoms with Crippen LogP contribution in [0.15, 0.2) is 72.0 Å². The standard InChI is InChI=1S/C24H22ClF3N2O2/c1-15-6-10-19(11-7-15)29-16(2)22(17-4-3-5-21(14-17)32-24(26,27)28)30(23(29)31)20-12-8-18(25)9-13-20/h4,6-14,16,22H,3,5H2,1-2H3. The van der Waals surface area contributed by atoms with Crippen LogP contribution >= 0.6 is 11.6 Å². The van der Waals surface area contributed by atoms with Crippen LogP contribution < -0.4 is 9.80 Å². The first-order valence-electron chi connectivity index (χ1n) is 10.2. The molecule has 0 aromatic heterocycles. The van der Waals surface area contributed by atoms with Crippen molar-refractivity contribution in [2.75, 3.05) is 9.80 Å². The highest BCUT2D eigenvalue weighted by atomic mass is 35.5. The number of rotatable bonds is 4. The number of carbonyl (C=O) groups excluding carboxylic acids is 1. The highest BCUT2D eigenvalue weighted by Crippen LogP contribution is 2.39. The van der Waals surface area contributed by atoms with E-state index in [-0.39, 0.29) is 24.3 Å². The Morgan fingerprint density at radius 2 is 1.59 bits per heavy atom. The van der Waals surface area contributed by atoms with Gasteiger partial charge in [0.25, 0.3) is 0 Å². The molecule has 1 aliphatic heterocycles. The zero-order valence-electron chi connectivity index (χ0n) is 17.6. The van der Waals surface area contributed by atoms with Crippen molar-refractivity contribution < 1.29 is 22.7 Å². The Kier molecular flexibility index (Phi) is 5.95. The Morgan fingerprint density at radius 3 is 2.22 bits per heavy atom. The molecule has 1 aliphatic carbocycles. The minimum Gasteiger partial charge on any atom is -0.410 e. The SMILES string of the molecule is Cc1ccc(N2C(=O)N(c3ccc(Cl)cc3)C(C3=CCCC(OC(F)(F)F)=C3)C2C)cc1. The summed E-state index contributed by atoms with van der Waals surface area (Å²) in [4.78, 5) is 16.9. The number of hydrogen-bond acceptors (Lipinski definition) is 2. The number of hydrogen-bond donors (Lipinski definition) is 0. The van der Waals surface area contributed by atoms with E-state index in [1.165, 1.54) is 6.08 Å². The molecule has 0 saturated carbocycles. The molecule has 1 saturated heterocycles. The fraction of sp³-hybridized carbons (Fsp3) is 0.292. The van der Waals surface area contributed by atoms with Crippen molar-refractivity contribution in [3.63, 3.8) is 0 Å². The Bertz CT molecular complexity index is 1060. The van der Waals surface area contributed by atoms with Crippen molar-refractivity contribution in [2.24, 2.45) is 0 Å². The smallest absolute Gasteiger partial charge is 0.410 e.